The van der Waals surface area contributed by atoms with Gasteiger partial charge in [0, 0.05) is 11.8 Å². The lowest BCUT2D eigenvalue weighted by Crippen LogP contribution is -2.43. The summed E-state index contributed by atoms with van der Waals surface area (Å²) >= 11 is 0. The summed E-state index contributed by atoms with van der Waals surface area (Å²) < 4.78 is 6.48. The minimum Gasteiger partial charge on any atom is -0.462 e. The van der Waals surface area contributed by atoms with Crippen LogP contribution in [-0.2, 0) is 14.9 Å². The van der Waals surface area contributed by atoms with Crippen LogP contribution in [0.1, 0.15) is 62.6 Å². The van der Waals surface area contributed by atoms with E-state index in [4.69, 9.17) is 4.74 Å². The molecule has 3 heteroatoms. The lowest BCUT2D eigenvalue weighted by molar-refractivity contribution is -0.158. The number of hydrogen-bond acceptors (Lipinski definition) is 2. The van der Waals surface area contributed by atoms with E-state index in [-0.39, 0.29) is 35.2 Å². The van der Waals surface area contributed by atoms with Gasteiger partial charge < -0.3 is 4.74 Å². The number of benzene rings is 2. The van der Waals surface area contributed by atoms with Crippen LogP contribution in [0.25, 0.3) is 0 Å². The number of allylic oxidation sites excluding steroid dienone is 1. The average molecular weight is 489 g/mol. The van der Waals surface area contributed by atoms with Crippen molar-refractivity contribution >= 4 is 14.0 Å². The highest BCUT2D eigenvalue weighted by Gasteiger charge is 2.56. The first-order chi connectivity index (χ1) is 16.5. The summed E-state index contributed by atoms with van der Waals surface area (Å²) in [4.78, 5) is 13.7. The molecule has 0 heterocycles. The normalized spacial score (nSPS) is 29.2. The summed E-state index contributed by atoms with van der Waals surface area (Å²) in [6.45, 7) is 16.1. The van der Waals surface area contributed by atoms with Crippen molar-refractivity contribution in [1.29, 1.82) is 0 Å². The Labute approximate surface area is 214 Å². The van der Waals surface area contributed by atoms with E-state index in [9.17, 15) is 4.79 Å². The van der Waals surface area contributed by atoms with Crippen LogP contribution < -0.4 is 0 Å². The maximum absolute atomic E-state index is 13.7. The van der Waals surface area contributed by atoms with Gasteiger partial charge in [-0.15, -0.1) is 0 Å². The number of carbonyl (C=O) groups is 1. The van der Waals surface area contributed by atoms with Gasteiger partial charge >= 0.3 is 5.97 Å². The summed E-state index contributed by atoms with van der Waals surface area (Å²) in [5.74, 6) is 1.34. The molecule has 2 aromatic carbocycles. The smallest absolute Gasteiger partial charge is 0.310 e. The maximum Gasteiger partial charge on any atom is 0.310 e. The Morgan fingerprint density at radius 1 is 1.00 bits per heavy atom. The van der Waals surface area contributed by atoms with Gasteiger partial charge in [0.15, 0.2) is 0 Å². The van der Waals surface area contributed by atoms with Crippen LogP contribution in [0.15, 0.2) is 66.4 Å². The van der Waals surface area contributed by atoms with Crippen molar-refractivity contribution in [2.75, 3.05) is 0 Å². The number of aryl methyl sites for hydroxylation is 1. The number of esters is 1. The van der Waals surface area contributed by atoms with Crippen LogP contribution in [0.2, 0.25) is 19.6 Å². The summed E-state index contributed by atoms with van der Waals surface area (Å²) in [5.41, 5.74) is 6.21. The van der Waals surface area contributed by atoms with E-state index in [1.165, 1.54) is 23.1 Å². The fourth-order valence-corrected chi connectivity index (χ4v) is 6.89. The lowest BCUT2D eigenvalue weighted by atomic mass is 9.64. The molecule has 2 fully saturated rings. The van der Waals surface area contributed by atoms with E-state index in [1.807, 2.05) is 0 Å². The first-order valence-corrected chi connectivity index (χ1v) is 17.1. The van der Waals surface area contributed by atoms with E-state index in [1.54, 1.807) is 0 Å². The van der Waals surface area contributed by atoms with Gasteiger partial charge in [-0.1, -0.05) is 119 Å². The number of rotatable bonds is 7. The third-order valence-electron chi connectivity index (χ3n) is 8.39. The predicted molar refractivity (Wildman–Crippen MR) is 149 cm³/mol. The highest BCUT2D eigenvalue weighted by molar-refractivity contribution is 6.80. The fourth-order valence-electron chi connectivity index (χ4n) is 6.09. The molecule has 0 unspecified atom stereocenters. The first kappa shape index (κ1) is 25.9. The summed E-state index contributed by atoms with van der Waals surface area (Å²) in [6, 6.07) is 19.5. The molecule has 2 saturated carbocycles. The van der Waals surface area contributed by atoms with E-state index >= 15 is 0 Å². The Kier molecular flexibility index (Phi) is 7.48. The molecule has 188 valence electrons. The van der Waals surface area contributed by atoms with E-state index in [0.29, 0.717) is 11.8 Å². The second kappa shape index (κ2) is 10.1. The molecule has 0 saturated heterocycles. The van der Waals surface area contributed by atoms with E-state index in [2.05, 4.69) is 114 Å². The Bertz CT molecular complexity index is 1030. The lowest BCUT2D eigenvalue weighted by Gasteiger charge is -2.44. The second-order valence-corrected chi connectivity index (χ2v) is 17.9. The van der Waals surface area contributed by atoms with Crippen LogP contribution in [0.5, 0.6) is 0 Å². The van der Waals surface area contributed by atoms with Gasteiger partial charge in [-0.2, -0.15) is 0 Å². The monoisotopic (exact) mass is 488 g/mol. The molecule has 6 atom stereocenters. The van der Waals surface area contributed by atoms with Crippen molar-refractivity contribution in [3.05, 3.63) is 83.1 Å². The van der Waals surface area contributed by atoms with Crippen molar-refractivity contribution in [3.63, 3.8) is 0 Å². The van der Waals surface area contributed by atoms with Crippen LogP contribution in [0, 0.1) is 30.6 Å². The quantitative estimate of drug-likeness (QED) is 0.291. The number of ether oxygens (including phenoxy) is 1. The summed E-state index contributed by atoms with van der Waals surface area (Å²) in [5, 5.41) is 0. The van der Waals surface area contributed by atoms with Crippen molar-refractivity contribution in [1.82, 2.24) is 0 Å². The minimum absolute atomic E-state index is 0.00811. The van der Waals surface area contributed by atoms with Crippen LogP contribution in [-0.4, -0.2) is 20.1 Å². The molecule has 0 aliphatic heterocycles. The Morgan fingerprint density at radius 3 is 2.29 bits per heavy atom. The van der Waals surface area contributed by atoms with Gasteiger partial charge in [-0.05, 0) is 48.1 Å². The van der Waals surface area contributed by atoms with Gasteiger partial charge in [-0.25, -0.2) is 0 Å². The predicted octanol–water partition coefficient (Wildman–Crippen LogP) is 8.08. The molecule has 0 aromatic heterocycles. The molecule has 4 rings (SSSR count). The molecule has 2 nitrogen and oxygen atoms in total. The van der Waals surface area contributed by atoms with Gasteiger partial charge in [0.05, 0.1) is 14.0 Å². The molecular formula is C32H44O2Si. The molecule has 0 spiro atoms. The van der Waals surface area contributed by atoms with Crippen molar-refractivity contribution < 1.29 is 9.53 Å². The Hall–Kier alpha value is -2.13. The third kappa shape index (κ3) is 5.99. The largest absolute Gasteiger partial charge is 0.462 e. The van der Waals surface area contributed by atoms with Gasteiger partial charge in [0.25, 0.3) is 0 Å². The molecule has 35 heavy (non-hydrogen) atoms. The molecule has 2 aliphatic rings. The average Bonchev–Trinajstić information content (AvgIpc) is 3.53. The maximum atomic E-state index is 13.7. The molecule has 2 aromatic rings. The number of hydrogen-bond donors (Lipinski definition) is 0. The molecule has 2 aliphatic carbocycles. The topological polar surface area (TPSA) is 26.3 Å². The zero-order chi connectivity index (χ0) is 25.4. The fraction of sp³-hybridized carbons (Fsp3) is 0.531. The Balaban J connectivity index is 1.56. The third-order valence-corrected chi connectivity index (χ3v) is 9.59. The zero-order valence-electron chi connectivity index (χ0n) is 22.8. The molecule has 0 N–H and O–H groups in total. The van der Waals surface area contributed by atoms with Gasteiger partial charge in [-0.3, -0.25) is 4.79 Å². The SMILES string of the molecule is Cc1ccc([C@@H]2[C@H](/C=C/[Si](C)(C)C)[C@H]2C(=O)O[C@@H]2C[C@H](C)CC[C@H]2C(C)(C)c2ccccc2)cc1. The molecule has 0 bridgehead atoms. The van der Waals surface area contributed by atoms with Crippen molar-refractivity contribution in [2.45, 2.75) is 84.0 Å². The van der Waals surface area contributed by atoms with Gasteiger partial charge in [0.2, 0.25) is 0 Å². The number of carbonyl (C=O) groups excluding carboxylic acids is 1. The highest BCUT2D eigenvalue weighted by Crippen LogP contribution is 2.56. The van der Waals surface area contributed by atoms with Crippen LogP contribution in [0.4, 0.5) is 0 Å². The summed E-state index contributed by atoms with van der Waals surface area (Å²) in [7, 11) is -1.34. The summed E-state index contributed by atoms with van der Waals surface area (Å²) in [6.07, 6.45) is 5.57. The standard InChI is InChI=1S/C32H44O2Si/c1-22-13-16-24(17-14-22)29-26(19-20-35(5,6)7)30(29)31(33)34-28-21-23(2)15-18-27(28)32(3,4)25-11-9-8-10-12-25/h8-14,16-17,19-20,23,26-30H,15,18,21H2,1-7H3/b20-19+/t23-,26+,27-,28-,29-,30-/m1/s1. The van der Waals surface area contributed by atoms with E-state index < -0.39 is 8.07 Å². The zero-order valence-corrected chi connectivity index (χ0v) is 23.8. The minimum atomic E-state index is -1.34. The first-order valence-electron chi connectivity index (χ1n) is 13.5. The molecule has 0 radical (unpaired) electrons. The van der Waals surface area contributed by atoms with Gasteiger partial charge in [0.1, 0.15) is 6.10 Å². The highest BCUT2D eigenvalue weighted by atomic mass is 28.3. The van der Waals surface area contributed by atoms with Crippen LogP contribution >= 0.6 is 0 Å². The van der Waals surface area contributed by atoms with Crippen molar-refractivity contribution in [3.8, 4) is 0 Å². The Morgan fingerprint density at radius 2 is 1.66 bits per heavy atom. The molecular weight excluding hydrogens is 444 g/mol. The van der Waals surface area contributed by atoms with E-state index in [0.717, 1.165) is 12.8 Å². The second-order valence-electron chi connectivity index (χ2n) is 12.9. The van der Waals surface area contributed by atoms with Crippen molar-refractivity contribution in [2.24, 2.45) is 23.7 Å². The molecule has 0 amide bonds. The van der Waals surface area contributed by atoms with Crippen LogP contribution in [0.3, 0.4) is 0 Å².